The van der Waals surface area contributed by atoms with Gasteiger partial charge >= 0.3 is 0 Å². The molecular weight excluding hydrogens is 256 g/mol. The Bertz CT molecular complexity index is 485. The second-order valence-corrected chi connectivity index (χ2v) is 6.24. The van der Waals surface area contributed by atoms with E-state index in [0.717, 1.165) is 30.7 Å². The lowest BCUT2D eigenvalue weighted by Gasteiger charge is -2.36. The molecule has 19 heavy (non-hydrogen) atoms. The maximum Gasteiger partial charge on any atom is 0.106 e. The van der Waals surface area contributed by atoms with Gasteiger partial charge in [0.15, 0.2) is 0 Å². The number of para-hydroxylation sites is 1. The molecule has 3 nitrogen and oxygen atoms in total. The normalized spacial score (nSPS) is 21.9. The molecule has 0 amide bonds. The van der Waals surface area contributed by atoms with Crippen molar-refractivity contribution in [3.05, 3.63) is 29.3 Å². The van der Waals surface area contributed by atoms with Gasteiger partial charge in [-0.05, 0) is 45.2 Å². The fourth-order valence-corrected chi connectivity index (χ4v) is 2.79. The number of benzene rings is 1. The highest BCUT2D eigenvalue weighted by atomic mass is 32.1. The molecule has 0 aromatic heterocycles. The van der Waals surface area contributed by atoms with Gasteiger partial charge in [0.05, 0.1) is 5.60 Å². The number of nitrogens with one attached hydrogen (secondary N) is 1. The smallest absolute Gasteiger partial charge is 0.106 e. The van der Waals surface area contributed by atoms with Crippen molar-refractivity contribution in [1.82, 2.24) is 0 Å². The number of hydrogen-bond acceptors (Lipinski definition) is 3. The predicted molar refractivity (Wildman–Crippen MR) is 83.7 cm³/mol. The Labute approximate surface area is 120 Å². The van der Waals surface area contributed by atoms with Gasteiger partial charge in [-0.1, -0.05) is 24.4 Å². The van der Waals surface area contributed by atoms with Crippen molar-refractivity contribution in [3.8, 4) is 0 Å². The molecule has 0 aliphatic carbocycles. The average molecular weight is 278 g/mol. The molecule has 3 N–H and O–H groups in total. The molecule has 0 radical (unpaired) electrons. The number of anilines is 1. The van der Waals surface area contributed by atoms with E-state index in [1.165, 1.54) is 5.56 Å². The summed E-state index contributed by atoms with van der Waals surface area (Å²) in [6.45, 7) is 7.13. The van der Waals surface area contributed by atoms with Crippen LogP contribution in [0.3, 0.4) is 0 Å². The summed E-state index contributed by atoms with van der Waals surface area (Å²) in [6, 6.07) is 6.44. The maximum absolute atomic E-state index is 5.81. The molecule has 104 valence electrons. The number of aryl methyl sites for hydroxylation is 1. The van der Waals surface area contributed by atoms with Crippen LogP contribution in [0.15, 0.2) is 18.2 Å². The van der Waals surface area contributed by atoms with E-state index in [0.29, 0.717) is 11.0 Å². The van der Waals surface area contributed by atoms with Gasteiger partial charge in [-0.15, -0.1) is 0 Å². The summed E-state index contributed by atoms with van der Waals surface area (Å²) in [6.07, 6.45) is 1.99. The van der Waals surface area contributed by atoms with Gasteiger partial charge in [0.25, 0.3) is 0 Å². The van der Waals surface area contributed by atoms with Crippen LogP contribution in [0.4, 0.5) is 5.69 Å². The summed E-state index contributed by atoms with van der Waals surface area (Å²) >= 11 is 5.14. The fraction of sp³-hybridized carbons (Fsp3) is 0.533. The molecule has 2 rings (SSSR count). The summed E-state index contributed by atoms with van der Waals surface area (Å²) in [5.74, 6) is 0. The molecule has 1 heterocycles. The van der Waals surface area contributed by atoms with Gasteiger partial charge < -0.3 is 15.8 Å². The molecule has 0 bridgehead atoms. The van der Waals surface area contributed by atoms with Crippen molar-refractivity contribution in [3.63, 3.8) is 0 Å². The van der Waals surface area contributed by atoms with Crippen molar-refractivity contribution in [2.45, 2.75) is 45.3 Å². The van der Waals surface area contributed by atoms with E-state index < -0.39 is 0 Å². The minimum absolute atomic E-state index is 0.0675. The zero-order valence-electron chi connectivity index (χ0n) is 11.8. The van der Waals surface area contributed by atoms with E-state index in [9.17, 15) is 0 Å². The molecule has 1 unspecified atom stereocenters. The lowest BCUT2D eigenvalue weighted by Crippen LogP contribution is -2.40. The summed E-state index contributed by atoms with van der Waals surface area (Å²) in [7, 11) is 0. The van der Waals surface area contributed by atoms with Crippen molar-refractivity contribution < 1.29 is 4.74 Å². The highest BCUT2D eigenvalue weighted by molar-refractivity contribution is 7.80. The largest absolute Gasteiger partial charge is 0.389 e. The minimum Gasteiger partial charge on any atom is -0.389 e. The lowest BCUT2D eigenvalue weighted by atomic mass is 9.93. The number of ether oxygens (including phenoxy) is 1. The molecule has 1 aliphatic rings. The van der Waals surface area contributed by atoms with Crippen LogP contribution in [0.25, 0.3) is 0 Å². The molecule has 1 aromatic carbocycles. The van der Waals surface area contributed by atoms with Crippen LogP contribution >= 0.6 is 12.2 Å². The topological polar surface area (TPSA) is 47.3 Å². The summed E-state index contributed by atoms with van der Waals surface area (Å²) in [5, 5.41) is 3.61. The van der Waals surface area contributed by atoms with Gasteiger partial charge in [-0.2, -0.15) is 0 Å². The van der Waals surface area contributed by atoms with Crippen molar-refractivity contribution in [2.24, 2.45) is 5.73 Å². The minimum atomic E-state index is -0.0675. The van der Waals surface area contributed by atoms with Gasteiger partial charge in [0, 0.05) is 23.9 Å². The number of hydrogen-bond donors (Lipinski definition) is 2. The van der Waals surface area contributed by atoms with E-state index in [1.54, 1.807) is 0 Å². The molecule has 1 aliphatic heterocycles. The van der Waals surface area contributed by atoms with E-state index in [4.69, 9.17) is 22.7 Å². The molecular formula is C15H22N2OS. The zero-order valence-corrected chi connectivity index (χ0v) is 12.6. The van der Waals surface area contributed by atoms with Gasteiger partial charge in [0.2, 0.25) is 0 Å². The van der Waals surface area contributed by atoms with E-state index in [1.807, 2.05) is 12.1 Å². The van der Waals surface area contributed by atoms with Gasteiger partial charge in [-0.25, -0.2) is 0 Å². The van der Waals surface area contributed by atoms with Crippen molar-refractivity contribution in [2.75, 3.05) is 11.9 Å². The average Bonchev–Trinajstić information content (AvgIpc) is 2.30. The SMILES string of the molecule is Cc1cccc(C(N)=S)c1NC1CCOC(C)(C)C1. The predicted octanol–water partition coefficient (Wildman–Crippen LogP) is 3.00. The van der Waals surface area contributed by atoms with Crippen LogP contribution in [-0.4, -0.2) is 23.2 Å². The second-order valence-electron chi connectivity index (χ2n) is 5.80. The standard InChI is InChI=1S/C15H22N2OS/c1-10-5-4-6-12(14(16)19)13(10)17-11-7-8-18-15(2,3)9-11/h4-6,11,17H,7-9H2,1-3H3,(H2,16,19). The Kier molecular flexibility index (Phi) is 4.11. The molecule has 1 fully saturated rings. The van der Waals surface area contributed by atoms with Crippen LogP contribution in [0.5, 0.6) is 0 Å². The van der Waals surface area contributed by atoms with Gasteiger partial charge in [0.1, 0.15) is 4.99 Å². The zero-order chi connectivity index (χ0) is 14.0. The molecule has 1 atom stereocenters. The first-order valence-electron chi connectivity index (χ1n) is 6.69. The third kappa shape index (κ3) is 3.45. The first-order valence-corrected chi connectivity index (χ1v) is 7.10. The first-order chi connectivity index (χ1) is 8.89. The van der Waals surface area contributed by atoms with Crippen molar-refractivity contribution in [1.29, 1.82) is 0 Å². The third-order valence-electron chi connectivity index (χ3n) is 3.58. The van der Waals surface area contributed by atoms with Crippen LogP contribution in [0, 0.1) is 6.92 Å². The highest BCUT2D eigenvalue weighted by Gasteiger charge is 2.29. The van der Waals surface area contributed by atoms with Gasteiger partial charge in [-0.3, -0.25) is 0 Å². The number of nitrogens with two attached hydrogens (primary N) is 1. The highest BCUT2D eigenvalue weighted by Crippen LogP contribution is 2.29. The quantitative estimate of drug-likeness (QED) is 0.834. The number of thiocarbonyl (C=S) groups is 1. The monoisotopic (exact) mass is 278 g/mol. The Morgan fingerprint density at radius 3 is 2.84 bits per heavy atom. The molecule has 1 saturated heterocycles. The Morgan fingerprint density at radius 2 is 2.21 bits per heavy atom. The van der Waals surface area contributed by atoms with Crippen LogP contribution in [-0.2, 0) is 4.74 Å². The summed E-state index contributed by atoms with van der Waals surface area (Å²) in [5.41, 5.74) is 8.91. The molecule has 0 spiro atoms. The van der Waals surface area contributed by atoms with Crippen molar-refractivity contribution >= 4 is 22.9 Å². The van der Waals surface area contributed by atoms with E-state index in [-0.39, 0.29) is 5.60 Å². The molecule has 0 saturated carbocycles. The van der Waals surface area contributed by atoms with E-state index in [2.05, 4.69) is 32.2 Å². The Hall–Kier alpha value is -1.13. The van der Waals surface area contributed by atoms with E-state index >= 15 is 0 Å². The first kappa shape index (κ1) is 14.3. The summed E-state index contributed by atoms with van der Waals surface area (Å²) in [4.78, 5) is 0.442. The Morgan fingerprint density at radius 1 is 1.47 bits per heavy atom. The Balaban J connectivity index is 2.21. The lowest BCUT2D eigenvalue weighted by molar-refractivity contribution is -0.0553. The second kappa shape index (κ2) is 5.47. The third-order valence-corrected chi connectivity index (χ3v) is 3.80. The number of rotatable bonds is 3. The fourth-order valence-electron chi connectivity index (χ4n) is 2.62. The molecule has 4 heteroatoms. The van der Waals surface area contributed by atoms with Crippen LogP contribution in [0.2, 0.25) is 0 Å². The molecule has 1 aromatic rings. The summed E-state index contributed by atoms with van der Waals surface area (Å²) < 4.78 is 5.75. The van der Waals surface area contributed by atoms with Crippen LogP contribution in [0.1, 0.15) is 37.8 Å². The maximum atomic E-state index is 5.81. The van der Waals surface area contributed by atoms with Crippen LogP contribution < -0.4 is 11.1 Å².